The third-order valence-electron chi connectivity index (χ3n) is 2.38. The van der Waals surface area contributed by atoms with Gasteiger partial charge in [-0.25, -0.2) is 4.83 Å². The van der Waals surface area contributed by atoms with Crippen molar-refractivity contribution >= 4 is 21.9 Å². The van der Waals surface area contributed by atoms with Crippen LogP contribution in [0.1, 0.15) is 5.56 Å². The summed E-state index contributed by atoms with van der Waals surface area (Å²) in [6, 6.07) is 15.1. The van der Waals surface area contributed by atoms with Crippen LogP contribution in [0.4, 0.5) is 5.69 Å². The monoisotopic (exact) mass is 275 g/mol. The van der Waals surface area contributed by atoms with Gasteiger partial charge in [-0.15, -0.1) is 0 Å². The van der Waals surface area contributed by atoms with Gasteiger partial charge in [0, 0.05) is 5.69 Å². The molecule has 0 heterocycles. The van der Waals surface area contributed by atoms with Crippen molar-refractivity contribution in [3.05, 3.63) is 60.2 Å². The molecule has 98 valence electrons. The second kappa shape index (κ2) is 5.53. The van der Waals surface area contributed by atoms with Crippen molar-refractivity contribution < 1.29 is 8.42 Å². The molecule has 0 radical (unpaired) electrons. The lowest BCUT2D eigenvalue weighted by atomic mass is 10.2. The molecule has 0 spiro atoms. The first kappa shape index (κ1) is 13.1. The second-order valence-electron chi connectivity index (χ2n) is 3.83. The number of rotatable bonds is 4. The Labute approximate surface area is 111 Å². The molecule has 0 saturated heterocycles. The molecule has 5 nitrogen and oxygen atoms in total. The zero-order valence-electron chi connectivity index (χ0n) is 10.0. The van der Waals surface area contributed by atoms with E-state index in [-0.39, 0.29) is 4.90 Å². The fraction of sp³-hybridized carbons (Fsp3) is 0. The van der Waals surface area contributed by atoms with Gasteiger partial charge in [-0.1, -0.05) is 30.3 Å². The van der Waals surface area contributed by atoms with Crippen LogP contribution in [0.25, 0.3) is 0 Å². The van der Waals surface area contributed by atoms with Crippen molar-refractivity contribution in [1.82, 2.24) is 4.83 Å². The number of nitrogens with zero attached hydrogens (tertiary/aromatic N) is 1. The third kappa shape index (κ3) is 3.56. The van der Waals surface area contributed by atoms with Crippen molar-refractivity contribution in [1.29, 1.82) is 0 Å². The maximum atomic E-state index is 11.9. The lowest BCUT2D eigenvalue weighted by Gasteiger charge is -2.03. The van der Waals surface area contributed by atoms with Gasteiger partial charge in [0.1, 0.15) is 0 Å². The van der Waals surface area contributed by atoms with Crippen molar-refractivity contribution in [2.24, 2.45) is 5.10 Å². The van der Waals surface area contributed by atoms with Crippen LogP contribution >= 0.6 is 0 Å². The van der Waals surface area contributed by atoms with Gasteiger partial charge in [0.2, 0.25) is 0 Å². The molecule has 0 saturated carbocycles. The van der Waals surface area contributed by atoms with E-state index in [4.69, 9.17) is 5.73 Å². The molecule has 2 rings (SSSR count). The Morgan fingerprint density at radius 1 is 1.00 bits per heavy atom. The number of nitrogen functional groups attached to an aromatic ring is 1. The van der Waals surface area contributed by atoms with Gasteiger partial charge in [0.25, 0.3) is 10.0 Å². The molecule has 0 aromatic heterocycles. The van der Waals surface area contributed by atoms with Gasteiger partial charge < -0.3 is 5.73 Å². The minimum Gasteiger partial charge on any atom is -0.399 e. The van der Waals surface area contributed by atoms with Crippen LogP contribution in [-0.4, -0.2) is 14.6 Å². The zero-order chi connectivity index (χ0) is 13.7. The molecule has 0 aliphatic heterocycles. The molecular formula is C13H13N3O2S. The van der Waals surface area contributed by atoms with E-state index >= 15 is 0 Å². The average molecular weight is 275 g/mol. The normalized spacial score (nSPS) is 11.6. The van der Waals surface area contributed by atoms with Crippen LogP contribution in [0.3, 0.4) is 0 Å². The highest BCUT2D eigenvalue weighted by Gasteiger charge is 2.11. The number of benzene rings is 2. The zero-order valence-corrected chi connectivity index (χ0v) is 10.8. The Bertz CT molecular complexity index is 665. The second-order valence-corrected chi connectivity index (χ2v) is 5.49. The summed E-state index contributed by atoms with van der Waals surface area (Å²) in [5, 5.41) is 3.72. The summed E-state index contributed by atoms with van der Waals surface area (Å²) in [6.07, 6.45) is 1.44. The predicted octanol–water partition coefficient (Wildman–Crippen LogP) is 1.58. The minimum atomic E-state index is -3.65. The van der Waals surface area contributed by atoms with Gasteiger partial charge in [-0.3, -0.25) is 0 Å². The summed E-state index contributed by atoms with van der Waals surface area (Å²) in [5.74, 6) is 0. The highest BCUT2D eigenvalue weighted by molar-refractivity contribution is 7.89. The van der Waals surface area contributed by atoms with Gasteiger partial charge in [0.15, 0.2) is 0 Å². The van der Waals surface area contributed by atoms with E-state index in [1.54, 1.807) is 0 Å². The standard InChI is InChI=1S/C13H13N3O2S/c14-12-6-8-13(9-7-12)19(17,18)16-15-10-11-4-2-1-3-5-11/h1-10,16H,14H2/b15-10+. The van der Waals surface area contributed by atoms with E-state index in [1.807, 2.05) is 30.3 Å². The van der Waals surface area contributed by atoms with Gasteiger partial charge in [-0.05, 0) is 29.8 Å². The lowest BCUT2D eigenvalue weighted by molar-refractivity contribution is 0.584. The quantitative estimate of drug-likeness (QED) is 0.505. The molecule has 0 atom stereocenters. The predicted molar refractivity (Wildman–Crippen MR) is 75.2 cm³/mol. The smallest absolute Gasteiger partial charge is 0.276 e. The van der Waals surface area contributed by atoms with Gasteiger partial charge in [-0.2, -0.15) is 13.5 Å². The van der Waals surface area contributed by atoms with Crippen molar-refractivity contribution in [2.75, 3.05) is 5.73 Å². The number of nitrogens with two attached hydrogens (primary N) is 1. The highest BCUT2D eigenvalue weighted by atomic mass is 32.2. The molecule has 19 heavy (non-hydrogen) atoms. The van der Waals surface area contributed by atoms with E-state index in [2.05, 4.69) is 9.93 Å². The van der Waals surface area contributed by atoms with Crippen molar-refractivity contribution in [3.8, 4) is 0 Å². The molecule has 2 aromatic rings. The number of nitrogens with one attached hydrogen (secondary N) is 1. The van der Waals surface area contributed by atoms with E-state index < -0.39 is 10.0 Å². The Morgan fingerprint density at radius 2 is 1.63 bits per heavy atom. The number of anilines is 1. The number of hydrogen-bond donors (Lipinski definition) is 2. The molecule has 0 bridgehead atoms. The van der Waals surface area contributed by atoms with Crippen LogP contribution in [0.5, 0.6) is 0 Å². The first-order valence-corrected chi connectivity index (χ1v) is 7.02. The Kier molecular flexibility index (Phi) is 3.82. The van der Waals surface area contributed by atoms with Crippen LogP contribution in [0.2, 0.25) is 0 Å². The van der Waals surface area contributed by atoms with Crippen LogP contribution in [-0.2, 0) is 10.0 Å². The maximum absolute atomic E-state index is 11.9. The summed E-state index contributed by atoms with van der Waals surface area (Å²) < 4.78 is 23.7. The molecule has 6 heteroatoms. The summed E-state index contributed by atoms with van der Waals surface area (Å²) in [6.45, 7) is 0. The first-order valence-electron chi connectivity index (χ1n) is 5.53. The minimum absolute atomic E-state index is 0.118. The molecular weight excluding hydrogens is 262 g/mol. The van der Waals surface area contributed by atoms with Crippen LogP contribution in [0.15, 0.2) is 64.6 Å². The van der Waals surface area contributed by atoms with Crippen LogP contribution < -0.4 is 10.6 Å². The van der Waals surface area contributed by atoms with Crippen molar-refractivity contribution in [2.45, 2.75) is 4.90 Å². The number of sulfonamides is 1. The van der Waals surface area contributed by atoms with Gasteiger partial charge in [0.05, 0.1) is 11.1 Å². The number of hydrazone groups is 1. The van der Waals surface area contributed by atoms with Crippen molar-refractivity contribution in [3.63, 3.8) is 0 Å². The highest BCUT2D eigenvalue weighted by Crippen LogP contribution is 2.11. The SMILES string of the molecule is Nc1ccc(S(=O)(=O)N/N=C/c2ccccc2)cc1. The lowest BCUT2D eigenvalue weighted by Crippen LogP contribution is -2.18. The van der Waals surface area contributed by atoms with Crippen LogP contribution in [0, 0.1) is 0 Å². The Balaban J connectivity index is 2.10. The number of hydrogen-bond acceptors (Lipinski definition) is 4. The molecule has 3 N–H and O–H groups in total. The molecule has 0 aliphatic rings. The summed E-state index contributed by atoms with van der Waals surface area (Å²) >= 11 is 0. The molecule has 0 aliphatic carbocycles. The van der Waals surface area contributed by atoms with E-state index in [9.17, 15) is 8.42 Å². The summed E-state index contributed by atoms with van der Waals surface area (Å²) in [7, 11) is -3.65. The fourth-order valence-corrected chi connectivity index (χ4v) is 2.20. The molecule has 0 fully saturated rings. The average Bonchev–Trinajstić information content (AvgIpc) is 2.40. The topological polar surface area (TPSA) is 84.5 Å². The summed E-state index contributed by atoms with van der Waals surface area (Å²) in [4.78, 5) is 2.26. The Morgan fingerprint density at radius 3 is 2.26 bits per heavy atom. The Hall–Kier alpha value is -2.34. The largest absolute Gasteiger partial charge is 0.399 e. The van der Waals surface area contributed by atoms with Gasteiger partial charge >= 0.3 is 0 Å². The fourth-order valence-electron chi connectivity index (χ4n) is 1.41. The van der Waals surface area contributed by atoms with E-state index in [0.29, 0.717) is 5.69 Å². The molecule has 2 aromatic carbocycles. The molecule has 0 amide bonds. The van der Waals surface area contributed by atoms with E-state index in [0.717, 1.165) is 5.56 Å². The third-order valence-corrected chi connectivity index (χ3v) is 3.62. The van der Waals surface area contributed by atoms with E-state index in [1.165, 1.54) is 30.5 Å². The summed E-state index contributed by atoms with van der Waals surface area (Å²) in [5.41, 5.74) is 6.82. The maximum Gasteiger partial charge on any atom is 0.276 e. The molecule has 0 unspecified atom stereocenters. The first-order chi connectivity index (χ1) is 9.08.